The lowest BCUT2D eigenvalue weighted by Crippen LogP contribution is -2.53. The van der Waals surface area contributed by atoms with Crippen molar-refractivity contribution in [2.45, 2.75) is 18.9 Å². The van der Waals surface area contributed by atoms with Crippen LogP contribution in [-0.2, 0) is 0 Å². The monoisotopic (exact) mass is 264 g/mol. The van der Waals surface area contributed by atoms with Gasteiger partial charge in [0.1, 0.15) is 4.60 Å². The summed E-state index contributed by atoms with van der Waals surface area (Å²) in [4.78, 5) is 4.27. The predicted octanol–water partition coefficient (Wildman–Crippen LogP) is 2.61. The number of nitrogens with one attached hydrogen (secondary N) is 1. The maximum absolute atomic E-state index is 4.27. The summed E-state index contributed by atoms with van der Waals surface area (Å²) < 4.78 is 0.905. The number of hydrogen-bond acceptors (Lipinski definition) is 2. The zero-order chi connectivity index (χ0) is 10.3. The van der Waals surface area contributed by atoms with Crippen molar-refractivity contribution in [1.29, 1.82) is 0 Å². The number of rotatable bonds is 1. The molecule has 0 unspecified atom stereocenters. The Balaban J connectivity index is 1.85. The summed E-state index contributed by atoms with van der Waals surface area (Å²) in [5.41, 5.74) is 2.72. The van der Waals surface area contributed by atoms with E-state index in [2.05, 4.69) is 38.4 Å². The van der Waals surface area contributed by atoms with Crippen molar-refractivity contribution in [2.24, 2.45) is 5.92 Å². The number of fused-ring (bicyclic) bond motifs is 1. The molecule has 0 spiro atoms. The number of hydrogen-bond donors (Lipinski definition) is 1. The third-order valence-electron chi connectivity index (χ3n) is 3.42. The summed E-state index contributed by atoms with van der Waals surface area (Å²) in [6.07, 6.45) is 6.72. The SMILES string of the molecule is Brc1ccc(C2=CC[C@H]3CN[C@H]3C2)cn1. The van der Waals surface area contributed by atoms with Crippen LogP contribution in [0.4, 0.5) is 0 Å². The van der Waals surface area contributed by atoms with E-state index >= 15 is 0 Å². The highest BCUT2D eigenvalue weighted by Gasteiger charge is 2.32. The topological polar surface area (TPSA) is 24.9 Å². The molecule has 1 aliphatic heterocycles. The summed E-state index contributed by atoms with van der Waals surface area (Å²) in [5, 5.41) is 3.49. The molecule has 0 amide bonds. The quantitative estimate of drug-likeness (QED) is 0.789. The van der Waals surface area contributed by atoms with Gasteiger partial charge in [0.05, 0.1) is 0 Å². The minimum absolute atomic E-state index is 0.716. The van der Waals surface area contributed by atoms with Gasteiger partial charge in [0, 0.05) is 18.8 Å². The molecule has 15 heavy (non-hydrogen) atoms. The fourth-order valence-corrected chi connectivity index (χ4v) is 2.59. The first-order valence-electron chi connectivity index (χ1n) is 5.37. The van der Waals surface area contributed by atoms with Gasteiger partial charge in [-0.1, -0.05) is 12.1 Å². The van der Waals surface area contributed by atoms with Crippen molar-refractivity contribution in [3.05, 3.63) is 34.6 Å². The van der Waals surface area contributed by atoms with Crippen molar-refractivity contribution < 1.29 is 0 Å². The largest absolute Gasteiger partial charge is 0.313 e. The standard InChI is InChI=1S/C12H13BrN2/c13-12-4-3-9(6-15-12)8-1-2-10-7-14-11(10)5-8/h1,3-4,6,10-11,14H,2,5,7H2/t10-,11-/m0/s1. The Morgan fingerprint density at radius 1 is 1.40 bits per heavy atom. The van der Waals surface area contributed by atoms with Crippen LogP contribution in [-0.4, -0.2) is 17.6 Å². The molecule has 1 aromatic heterocycles. The van der Waals surface area contributed by atoms with Gasteiger partial charge in [0.2, 0.25) is 0 Å². The first-order chi connectivity index (χ1) is 7.33. The molecule has 2 atom stereocenters. The van der Waals surface area contributed by atoms with Crippen LogP contribution in [0.25, 0.3) is 5.57 Å². The van der Waals surface area contributed by atoms with Gasteiger partial charge in [-0.2, -0.15) is 0 Å². The van der Waals surface area contributed by atoms with Crippen LogP contribution in [0, 0.1) is 5.92 Å². The second-order valence-electron chi connectivity index (χ2n) is 4.31. The molecule has 78 valence electrons. The van der Waals surface area contributed by atoms with E-state index in [1.807, 2.05) is 12.3 Å². The Labute approximate surface area is 97.9 Å². The van der Waals surface area contributed by atoms with Crippen molar-refractivity contribution >= 4 is 21.5 Å². The number of nitrogens with zero attached hydrogens (tertiary/aromatic N) is 1. The summed E-state index contributed by atoms with van der Waals surface area (Å²) in [7, 11) is 0. The van der Waals surface area contributed by atoms with Crippen molar-refractivity contribution in [1.82, 2.24) is 10.3 Å². The zero-order valence-electron chi connectivity index (χ0n) is 8.41. The molecule has 0 aromatic carbocycles. The molecule has 3 rings (SSSR count). The molecule has 0 saturated carbocycles. The van der Waals surface area contributed by atoms with Crippen LogP contribution < -0.4 is 5.32 Å². The molecule has 0 radical (unpaired) electrons. The van der Waals surface area contributed by atoms with Crippen LogP contribution in [0.15, 0.2) is 29.0 Å². The summed E-state index contributed by atoms with van der Waals surface area (Å²) in [6, 6.07) is 4.87. The van der Waals surface area contributed by atoms with E-state index in [9.17, 15) is 0 Å². The first kappa shape index (κ1) is 9.55. The molecule has 1 saturated heterocycles. The molecule has 2 heterocycles. The highest BCUT2D eigenvalue weighted by atomic mass is 79.9. The second-order valence-corrected chi connectivity index (χ2v) is 5.13. The van der Waals surface area contributed by atoms with Gasteiger partial charge < -0.3 is 5.32 Å². The Morgan fingerprint density at radius 3 is 2.93 bits per heavy atom. The fraction of sp³-hybridized carbons (Fsp3) is 0.417. The summed E-state index contributed by atoms with van der Waals surface area (Å²) in [6.45, 7) is 1.20. The maximum atomic E-state index is 4.27. The average Bonchev–Trinajstić information content (AvgIpc) is 2.22. The van der Waals surface area contributed by atoms with E-state index in [-0.39, 0.29) is 0 Å². The maximum Gasteiger partial charge on any atom is 0.106 e. The molecule has 1 aromatic rings. The lowest BCUT2D eigenvalue weighted by molar-refractivity contribution is 0.231. The second kappa shape index (κ2) is 3.72. The smallest absolute Gasteiger partial charge is 0.106 e. The Morgan fingerprint density at radius 2 is 2.33 bits per heavy atom. The third kappa shape index (κ3) is 1.74. The Kier molecular flexibility index (Phi) is 2.37. The summed E-state index contributed by atoms with van der Waals surface area (Å²) >= 11 is 3.36. The zero-order valence-corrected chi connectivity index (χ0v) is 10.00. The van der Waals surface area contributed by atoms with Gasteiger partial charge in [0.25, 0.3) is 0 Å². The van der Waals surface area contributed by atoms with Crippen LogP contribution in [0.3, 0.4) is 0 Å². The Bertz CT molecular complexity index is 397. The Hall–Kier alpha value is -0.670. The van der Waals surface area contributed by atoms with Gasteiger partial charge in [-0.3, -0.25) is 0 Å². The van der Waals surface area contributed by atoms with Crippen molar-refractivity contribution in [2.75, 3.05) is 6.54 Å². The lowest BCUT2D eigenvalue weighted by Gasteiger charge is -2.41. The van der Waals surface area contributed by atoms with Gasteiger partial charge >= 0.3 is 0 Å². The fourth-order valence-electron chi connectivity index (χ4n) is 2.35. The number of allylic oxidation sites excluding steroid dienone is 1. The van der Waals surface area contributed by atoms with Crippen LogP contribution >= 0.6 is 15.9 Å². The minimum Gasteiger partial charge on any atom is -0.313 e. The van der Waals surface area contributed by atoms with E-state index in [0.29, 0.717) is 6.04 Å². The predicted molar refractivity (Wildman–Crippen MR) is 64.4 cm³/mol. The number of halogens is 1. The highest BCUT2D eigenvalue weighted by molar-refractivity contribution is 9.10. The van der Waals surface area contributed by atoms with E-state index in [0.717, 1.165) is 16.9 Å². The molecular weight excluding hydrogens is 252 g/mol. The van der Waals surface area contributed by atoms with E-state index in [1.54, 1.807) is 0 Å². The molecular formula is C12H13BrN2. The lowest BCUT2D eigenvalue weighted by atomic mass is 9.78. The number of aromatic nitrogens is 1. The van der Waals surface area contributed by atoms with Gasteiger partial charge in [-0.25, -0.2) is 4.98 Å². The van der Waals surface area contributed by atoms with E-state index in [1.165, 1.54) is 24.1 Å². The molecule has 1 fully saturated rings. The van der Waals surface area contributed by atoms with Crippen LogP contribution in [0.1, 0.15) is 18.4 Å². The molecule has 2 aliphatic rings. The first-order valence-corrected chi connectivity index (χ1v) is 6.16. The molecule has 1 aliphatic carbocycles. The summed E-state index contributed by atoms with van der Waals surface area (Å²) in [5.74, 6) is 0.886. The van der Waals surface area contributed by atoms with Gasteiger partial charge in [-0.15, -0.1) is 0 Å². The van der Waals surface area contributed by atoms with Crippen molar-refractivity contribution in [3.8, 4) is 0 Å². The highest BCUT2D eigenvalue weighted by Crippen LogP contribution is 2.34. The van der Waals surface area contributed by atoms with E-state index < -0.39 is 0 Å². The average molecular weight is 265 g/mol. The van der Waals surface area contributed by atoms with Crippen molar-refractivity contribution in [3.63, 3.8) is 0 Å². The molecule has 1 N–H and O–H groups in total. The van der Waals surface area contributed by atoms with E-state index in [4.69, 9.17) is 0 Å². The minimum atomic E-state index is 0.716. The van der Waals surface area contributed by atoms with Crippen LogP contribution in [0.5, 0.6) is 0 Å². The molecule has 2 nitrogen and oxygen atoms in total. The molecule has 3 heteroatoms. The third-order valence-corrected chi connectivity index (χ3v) is 3.89. The van der Waals surface area contributed by atoms with Gasteiger partial charge in [-0.05, 0) is 51.9 Å². The van der Waals surface area contributed by atoms with Crippen LogP contribution in [0.2, 0.25) is 0 Å². The van der Waals surface area contributed by atoms with Gasteiger partial charge in [0.15, 0.2) is 0 Å². The number of pyridine rings is 1. The normalized spacial score (nSPS) is 29.0. The molecule has 0 bridgehead atoms.